The third-order valence-electron chi connectivity index (χ3n) is 5.51. The number of hydrogen-bond donors (Lipinski definition) is 2. The molecule has 0 heterocycles. The van der Waals surface area contributed by atoms with Crippen molar-refractivity contribution in [1.82, 2.24) is 10.6 Å². The van der Waals surface area contributed by atoms with E-state index in [4.69, 9.17) is 0 Å². The molecule has 2 atom stereocenters. The minimum absolute atomic E-state index is 0.156. The normalized spacial score (nSPS) is 12.6. The van der Waals surface area contributed by atoms with Crippen LogP contribution >= 0.6 is 0 Å². The van der Waals surface area contributed by atoms with Crippen molar-refractivity contribution >= 4 is 17.6 Å². The van der Waals surface area contributed by atoms with E-state index < -0.39 is 35.5 Å². The van der Waals surface area contributed by atoms with Gasteiger partial charge in [0.1, 0.15) is 17.7 Å². The molecule has 186 valence electrons. The van der Waals surface area contributed by atoms with Gasteiger partial charge in [0.25, 0.3) is 5.91 Å². The molecule has 3 aromatic rings. The second-order valence-electron chi connectivity index (χ2n) is 8.48. The van der Waals surface area contributed by atoms with E-state index in [0.717, 1.165) is 23.3 Å². The Bertz CT molecular complexity index is 1190. The smallest absolute Gasteiger partial charge is 0.252 e. The number of allylic oxidation sites excluding steroid dienone is 1. The molecule has 0 aromatic heterocycles. The molecule has 2 amide bonds. The molecule has 0 fully saturated rings. The van der Waals surface area contributed by atoms with Crippen LogP contribution in [0.15, 0.2) is 91.0 Å². The molecule has 0 saturated carbocycles. The summed E-state index contributed by atoms with van der Waals surface area (Å²) in [6.07, 6.45) is 4.38. The predicted molar refractivity (Wildman–Crippen MR) is 134 cm³/mol. The van der Waals surface area contributed by atoms with E-state index in [0.29, 0.717) is 18.9 Å². The summed E-state index contributed by atoms with van der Waals surface area (Å²) >= 11 is 0. The van der Waals surface area contributed by atoms with Crippen LogP contribution in [0.1, 0.15) is 34.8 Å². The number of carbonyl (C=O) groups is 3. The Labute approximate surface area is 209 Å². The Morgan fingerprint density at radius 3 is 2.00 bits per heavy atom. The number of hydrogen-bond acceptors (Lipinski definition) is 3. The molecule has 0 saturated heterocycles. The summed E-state index contributed by atoms with van der Waals surface area (Å²) < 4.78 is 27.3. The Kier molecular flexibility index (Phi) is 9.63. The van der Waals surface area contributed by atoms with Crippen molar-refractivity contribution < 1.29 is 23.2 Å². The largest absolute Gasteiger partial charge is 0.348 e. The first-order valence-corrected chi connectivity index (χ1v) is 11.6. The first-order valence-electron chi connectivity index (χ1n) is 11.6. The lowest BCUT2D eigenvalue weighted by Gasteiger charge is -2.22. The van der Waals surface area contributed by atoms with Gasteiger partial charge in [-0.2, -0.15) is 0 Å². The number of nitrogens with one attached hydrogen (secondary N) is 2. The number of halogens is 2. The number of aryl methyl sites for hydroxylation is 1. The SMILES string of the molecule is CC(=O)/C=C/[C@H](CCc1ccccc1)NC(=O)[C@H](Cc1ccccc1)NC(=O)c1cc(F)cc(F)c1. The highest BCUT2D eigenvalue weighted by Gasteiger charge is 2.24. The molecule has 0 unspecified atom stereocenters. The van der Waals surface area contributed by atoms with Gasteiger partial charge in [-0.3, -0.25) is 14.4 Å². The van der Waals surface area contributed by atoms with E-state index in [9.17, 15) is 23.2 Å². The van der Waals surface area contributed by atoms with E-state index in [1.54, 1.807) is 6.08 Å². The minimum atomic E-state index is -1.02. The van der Waals surface area contributed by atoms with Crippen molar-refractivity contribution in [3.63, 3.8) is 0 Å². The van der Waals surface area contributed by atoms with Crippen LogP contribution in [-0.2, 0) is 22.4 Å². The molecule has 0 bridgehead atoms. The highest BCUT2D eigenvalue weighted by atomic mass is 19.1. The summed E-state index contributed by atoms with van der Waals surface area (Å²) in [7, 11) is 0. The Hall–Kier alpha value is -4.13. The van der Waals surface area contributed by atoms with Crippen LogP contribution in [0.4, 0.5) is 8.78 Å². The number of amides is 2. The van der Waals surface area contributed by atoms with Gasteiger partial charge in [0.05, 0.1) is 0 Å². The first-order chi connectivity index (χ1) is 17.3. The van der Waals surface area contributed by atoms with Crippen molar-refractivity contribution in [1.29, 1.82) is 0 Å². The summed E-state index contributed by atoms with van der Waals surface area (Å²) in [4.78, 5) is 37.6. The molecule has 3 rings (SSSR count). The lowest BCUT2D eigenvalue weighted by molar-refractivity contribution is -0.123. The van der Waals surface area contributed by atoms with Gasteiger partial charge in [-0.25, -0.2) is 8.78 Å². The van der Waals surface area contributed by atoms with Gasteiger partial charge < -0.3 is 10.6 Å². The Morgan fingerprint density at radius 1 is 0.833 bits per heavy atom. The van der Waals surface area contributed by atoms with Crippen LogP contribution in [0.5, 0.6) is 0 Å². The molecule has 0 aliphatic carbocycles. The molecule has 0 aliphatic rings. The monoisotopic (exact) mass is 490 g/mol. The molecule has 0 radical (unpaired) electrons. The molecule has 3 aromatic carbocycles. The zero-order valence-electron chi connectivity index (χ0n) is 19.9. The van der Waals surface area contributed by atoms with Crippen LogP contribution < -0.4 is 10.6 Å². The van der Waals surface area contributed by atoms with Crippen molar-refractivity contribution in [2.75, 3.05) is 0 Å². The molecule has 0 aliphatic heterocycles. The van der Waals surface area contributed by atoms with Crippen LogP contribution in [0, 0.1) is 11.6 Å². The van der Waals surface area contributed by atoms with Gasteiger partial charge in [-0.1, -0.05) is 66.7 Å². The van der Waals surface area contributed by atoms with Gasteiger partial charge in [0.2, 0.25) is 5.91 Å². The van der Waals surface area contributed by atoms with E-state index in [1.165, 1.54) is 13.0 Å². The topological polar surface area (TPSA) is 75.3 Å². The van der Waals surface area contributed by atoms with Crippen molar-refractivity contribution in [3.05, 3.63) is 119 Å². The van der Waals surface area contributed by atoms with Crippen LogP contribution in [0.3, 0.4) is 0 Å². The highest BCUT2D eigenvalue weighted by molar-refractivity contribution is 5.97. The lowest BCUT2D eigenvalue weighted by Crippen LogP contribution is -2.50. The van der Waals surface area contributed by atoms with Crippen LogP contribution in [0.25, 0.3) is 0 Å². The quantitative estimate of drug-likeness (QED) is 0.387. The second-order valence-corrected chi connectivity index (χ2v) is 8.48. The fraction of sp³-hybridized carbons (Fsp3) is 0.207. The van der Waals surface area contributed by atoms with Gasteiger partial charge in [-0.15, -0.1) is 0 Å². The maximum Gasteiger partial charge on any atom is 0.252 e. The van der Waals surface area contributed by atoms with Gasteiger partial charge in [0.15, 0.2) is 5.78 Å². The maximum absolute atomic E-state index is 13.6. The second kappa shape index (κ2) is 13.1. The molecular formula is C29H28F2N2O3. The maximum atomic E-state index is 13.6. The van der Waals surface area contributed by atoms with Crippen molar-refractivity contribution in [3.8, 4) is 0 Å². The average Bonchev–Trinajstić information content (AvgIpc) is 2.85. The Morgan fingerprint density at radius 2 is 1.42 bits per heavy atom. The molecule has 5 nitrogen and oxygen atoms in total. The molecule has 0 spiro atoms. The Balaban J connectivity index is 1.79. The fourth-order valence-corrected chi connectivity index (χ4v) is 3.70. The van der Waals surface area contributed by atoms with E-state index >= 15 is 0 Å². The third kappa shape index (κ3) is 8.58. The van der Waals surface area contributed by atoms with E-state index in [2.05, 4.69) is 10.6 Å². The average molecular weight is 491 g/mol. The fourth-order valence-electron chi connectivity index (χ4n) is 3.70. The zero-order chi connectivity index (χ0) is 25.9. The number of rotatable bonds is 11. The first kappa shape index (κ1) is 26.5. The van der Waals surface area contributed by atoms with Gasteiger partial charge in [0, 0.05) is 24.1 Å². The lowest BCUT2D eigenvalue weighted by atomic mass is 10.0. The zero-order valence-corrected chi connectivity index (χ0v) is 19.9. The molecule has 36 heavy (non-hydrogen) atoms. The standard InChI is InChI=1S/C29H28F2N2O3/c1-20(34)12-14-26(15-13-21-8-4-2-5-9-21)32-29(36)27(16-22-10-6-3-7-11-22)33-28(35)23-17-24(30)19-25(31)18-23/h2-12,14,17-19,26-27H,13,15-16H2,1H3,(H,32,36)(H,33,35)/b14-12+/t26-,27+/m1/s1. The minimum Gasteiger partial charge on any atom is -0.348 e. The number of carbonyl (C=O) groups excluding carboxylic acids is 3. The van der Waals surface area contributed by atoms with Crippen molar-refractivity contribution in [2.24, 2.45) is 0 Å². The summed E-state index contributed by atoms with van der Waals surface area (Å²) in [6, 6.07) is 19.8. The molecular weight excluding hydrogens is 462 g/mol. The number of benzene rings is 3. The van der Waals surface area contributed by atoms with Crippen molar-refractivity contribution in [2.45, 2.75) is 38.3 Å². The predicted octanol–water partition coefficient (Wildman–Crippen LogP) is 4.57. The van der Waals surface area contributed by atoms with Crippen LogP contribution in [-0.4, -0.2) is 29.7 Å². The number of ketones is 1. The summed E-state index contributed by atoms with van der Waals surface area (Å²) in [5, 5.41) is 5.51. The molecule has 7 heteroatoms. The third-order valence-corrected chi connectivity index (χ3v) is 5.51. The molecule has 2 N–H and O–H groups in total. The van der Waals surface area contributed by atoms with Gasteiger partial charge >= 0.3 is 0 Å². The summed E-state index contributed by atoms with van der Waals surface area (Å²) in [6.45, 7) is 1.42. The van der Waals surface area contributed by atoms with Gasteiger partial charge in [-0.05, 0) is 49.1 Å². The van der Waals surface area contributed by atoms with E-state index in [-0.39, 0.29) is 17.8 Å². The summed E-state index contributed by atoms with van der Waals surface area (Å²) in [5.41, 5.74) is 1.65. The van der Waals surface area contributed by atoms with E-state index in [1.807, 2.05) is 60.7 Å². The summed E-state index contributed by atoms with van der Waals surface area (Å²) in [5.74, 6) is -3.18. The highest BCUT2D eigenvalue weighted by Crippen LogP contribution is 2.11. The van der Waals surface area contributed by atoms with Crippen LogP contribution in [0.2, 0.25) is 0 Å².